The first-order valence-corrected chi connectivity index (χ1v) is 6.78. The maximum Gasteiger partial charge on any atom is 0.244 e. The third-order valence-corrected chi connectivity index (χ3v) is 4.18. The summed E-state index contributed by atoms with van der Waals surface area (Å²) in [5.41, 5.74) is 0. The molecule has 84 valence electrons. The Bertz CT molecular complexity index is 433. The summed E-state index contributed by atoms with van der Waals surface area (Å²) in [6, 6.07) is 1.55. The fourth-order valence-electron chi connectivity index (χ4n) is 1.15. The molecule has 0 spiro atoms. The lowest BCUT2D eigenvalue weighted by Gasteiger charge is -2.15. The highest BCUT2D eigenvalue weighted by Gasteiger charge is 2.20. The molecule has 0 fully saturated rings. The van der Waals surface area contributed by atoms with Crippen LogP contribution in [0.1, 0.15) is 13.3 Å². The van der Waals surface area contributed by atoms with E-state index in [2.05, 4.69) is 20.9 Å². The Balaban J connectivity index is 3.06. The van der Waals surface area contributed by atoms with Crippen LogP contribution in [0.5, 0.6) is 0 Å². The van der Waals surface area contributed by atoms with Gasteiger partial charge in [0, 0.05) is 30.5 Å². The van der Waals surface area contributed by atoms with Crippen molar-refractivity contribution in [3.05, 3.63) is 22.9 Å². The van der Waals surface area contributed by atoms with Crippen LogP contribution in [0.3, 0.4) is 0 Å². The van der Waals surface area contributed by atoms with E-state index in [-0.39, 0.29) is 4.90 Å². The molecule has 0 N–H and O–H groups in total. The van der Waals surface area contributed by atoms with Gasteiger partial charge in [0.1, 0.15) is 4.90 Å². The molecule has 0 radical (unpaired) electrons. The van der Waals surface area contributed by atoms with E-state index in [4.69, 9.17) is 0 Å². The molecule has 0 unspecified atom stereocenters. The molecule has 1 aromatic rings. The topological polar surface area (TPSA) is 50.3 Å². The van der Waals surface area contributed by atoms with Crippen LogP contribution < -0.4 is 0 Å². The van der Waals surface area contributed by atoms with Crippen LogP contribution in [0.25, 0.3) is 0 Å². The highest BCUT2D eigenvalue weighted by molar-refractivity contribution is 9.10. The molecule has 15 heavy (non-hydrogen) atoms. The Kier molecular flexibility index (Phi) is 4.24. The largest absolute Gasteiger partial charge is 0.262 e. The lowest BCUT2D eigenvalue weighted by Crippen LogP contribution is -2.27. The molecule has 1 heterocycles. The Morgan fingerprint density at radius 2 is 2.13 bits per heavy atom. The standard InChI is InChI=1S/C9H13BrN2O2S/c1-3-4-12(2)15(13,14)9-5-8(10)6-11-7-9/h5-7H,3-4H2,1-2H3. The molecule has 1 aromatic heterocycles. The van der Waals surface area contributed by atoms with E-state index in [1.54, 1.807) is 19.3 Å². The minimum atomic E-state index is -3.38. The average Bonchev–Trinajstić information content (AvgIpc) is 2.18. The minimum absolute atomic E-state index is 0.216. The summed E-state index contributed by atoms with van der Waals surface area (Å²) in [6.45, 7) is 2.44. The fraction of sp³-hybridized carbons (Fsp3) is 0.444. The van der Waals surface area contributed by atoms with Crippen molar-refractivity contribution in [2.45, 2.75) is 18.2 Å². The Hall–Kier alpha value is -0.460. The molecule has 0 aliphatic rings. The van der Waals surface area contributed by atoms with Gasteiger partial charge in [-0.25, -0.2) is 12.7 Å². The van der Waals surface area contributed by atoms with Gasteiger partial charge in [-0.05, 0) is 28.4 Å². The second-order valence-corrected chi connectivity index (χ2v) is 6.13. The van der Waals surface area contributed by atoms with Gasteiger partial charge in [-0.2, -0.15) is 0 Å². The number of aromatic nitrogens is 1. The van der Waals surface area contributed by atoms with E-state index in [1.165, 1.54) is 10.5 Å². The van der Waals surface area contributed by atoms with Crippen molar-refractivity contribution in [3.63, 3.8) is 0 Å². The molecule has 0 saturated heterocycles. The van der Waals surface area contributed by atoms with E-state index in [1.807, 2.05) is 6.92 Å². The molecule has 0 bridgehead atoms. The summed E-state index contributed by atoms with van der Waals surface area (Å²) in [4.78, 5) is 4.06. The summed E-state index contributed by atoms with van der Waals surface area (Å²) in [6.07, 6.45) is 3.70. The summed E-state index contributed by atoms with van der Waals surface area (Å²) < 4.78 is 25.9. The lowest BCUT2D eigenvalue weighted by molar-refractivity contribution is 0.468. The molecule has 6 heteroatoms. The van der Waals surface area contributed by atoms with Crippen LogP contribution >= 0.6 is 15.9 Å². The molecule has 0 aromatic carbocycles. The zero-order chi connectivity index (χ0) is 11.5. The molecule has 0 amide bonds. The van der Waals surface area contributed by atoms with E-state index in [0.717, 1.165) is 6.42 Å². The zero-order valence-electron chi connectivity index (χ0n) is 8.64. The number of pyridine rings is 1. The zero-order valence-corrected chi connectivity index (χ0v) is 11.0. The second-order valence-electron chi connectivity index (χ2n) is 3.17. The summed E-state index contributed by atoms with van der Waals surface area (Å²) >= 11 is 3.20. The maximum absolute atomic E-state index is 11.9. The molecular formula is C9H13BrN2O2S. The van der Waals surface area contributed by atoms with Crippen LogP contribution in [0, 0.1) is 0 Å². The van der Waals surface area contributed by atoms with Crippen molar-refractivity contribution in [2.75, 3.05) is 13.6 Å². The van der Waals surface area contributed by atoms with Gasteiger partial charge in [-0.15, -0.1) is 0 Å². The van der Waals surface area contributed by atoms with Crippen molar-refractivity contribution < 1.29 is 8.42 Å². The van der Waals surface area contributed by atoms with Crippen LogP contribution in [0.2, 0.25) is 0 Å². The van der Waals surface area contributed by atoms with Crippen LogP contribution in [-0.4, -0.2) is 31.3 Å². The number of sulfonamides is 1. The third-order valence-electron chi connectivity index (χ3n) is 1.93. The van der Waals surface area contributed by atoms with Gasteiger partial charge < -0.3 is 0 Å². The molecule has 0 aliphatic carbocycles. The quantitative estimate of drug-likeness (QED) is 0.851. The van der Waals surface area contributed by atoms with Crippen molar-refractivity contribution in [3.8, 4) is 0 Å². The first kappa shape index (κ1) is 12.6. The predicted octanol–water partition coefficient (Wildman–Crippen LogP) is 1.87. The normalized spacial score (nSPS) is 12.0. The second kappa shape index (κ2) is 5.05. The van der Waals surface area contributed by atoms with Crippen molar-refractivity contribution >= 4 is 26.0 Å². The van der Waals surface area contributed by atoms with Gasteiger partial charge >= 0.3 is 0 Å². The third kappa shape index (κ3) is 2.99. The molecule has 0 atom stereocenters. The van der Waals surface area contributed by atoms with Crippen LogP contribution in [-0.2, 0) is 10.0 Å². The monoisotopic (exact) mass is 292 g/mol. The summed E-state index contributed by atoms with van der Waals surface area (Å²) in [5.74, 6) is 0. The molecule has 0 saturated carbocycles. The number of hydrogen-bond acceptors (Lipinski definition) is 3. The van der Waals surface area contributed by atoms with Crippen LogP contribution in [0.15, 0.2) is 27.8 Å². The van der Waals surface area contributed by atoms with Crippen molar-refractivity contribution in [2.24, 2.45) is 0 Å². The minimum Gasteiger partial charge on any atom is -0.262 e. The predicted molar refractivity (Wildman–Crippen MR) is 62.0 cm³/mol. The first-order chi connectivity index (χ1) is 6.98. The van der Waals surface area contributed by atoms with E-state index in [0.29, 0.717) is 11.0 Å². The van der Waals surface area contributed by atoms with Crippen LogP contribution in [0.4, 0.5) is 0 Å². The Morgan fingerprint density at radius 3 is 2.67 bits per heavy atom. The SMILES string of the molecule is CCCN(C)S(=O)(=O)c1cncc(Br)c1. The number of hydrogen-bond donors (Lipinski definition) is 0. The fourth-order valence-corrected chi connectivity index (χ4v) is 2.92. The molecular weight excluding hydrogens is 280 g/mol. The first-order valence-electron chi connectivity index (χ1n) is 4.55. The van der Waals surface area contributed by atoms with Gasteiger partial charge in [-0.1, -0.05) is 6.92 Å². The average molecular weight is 293 g/mol. The molecule has 0 aliphatic heterocycles. The Morgan fingerprint density at radius 1 is 1.47 bits per heavy atom. The lowest BCUT2D eigenvalue weighted by atomic mass is 10.5. The van der Waals surface area contributed by atoms with Gasteiger partial charge in [0.05, 0.1) is 0 Å². The van der Waals surface area contributed by atoms with E-state index < -0.39 is 10.0 Å². The smallest absolute Gasteiger partial charge is 0.244 e. The Labute approximate surface area is 98.5 Å². The van der Waals surface area contributed by atoms with Gasteiger partial charge in [0.25, 0.3) is 0 Å². The molecule has 4 nitrogen and oxygen atoms in total. The van der Waals surface area contributed by atoms with E-state index >= 15 is 0 Å². The van der Waals surface area contributed by atoms with Crippen molar-refractivity contribution in [1.29, 1.82) is 0 Å². The highest BCUT2D eigenvalue weighted by Crippen LogP contribution is 2.17. The number of nitrogens with zero attached hydrogens (tertiary/aromatic N) is 2. The number of rotatable bonds is 4. The maximum atomic E-state index is 11.9. The molecule has 1 rings (SSSR count). The summed E-state index contributed by atoms with van der Waals surface area (Å²) in [7, 11) is -1.81. The van der Waals surface area contributed by atoms with Gasteiger partial charge in [0.15, 0.2) is 0 Å². The summed E-state index contributed by atoms with van der Waals surface area (Å²) in [5, 5.41) is 0. The van der Waals surface area contributed by atoms with Gasteiger partial charge in [-0.3, -0.25) is 4.98 Å². The van der Waals surface area contributed by atoms with Gasteiger partial charge in [0.2, 0.25) is 10.0 Å². The number of halogens is 1. The highest BCUT2D eigenvalue weighted by atomic mass is 79.9. The van der Waals surface area contributed by atoms with E-state index in [9.17, 15) is 8.42 Å². The van der Waals surface area contributed by atoms with Crippen molar-refractivity contribution in [1.82, 2.24) is 9.29 Å².